The quantitative estimate of drug-likeness (QED) is 0.732. The highest BCUT2D eigenvalue weighted by Crippen LogP contribution is 2.15. The second-order valence-electron chi connectivity index (χ2n) is 3.11. The molecular formula is C9H14O3S2. The molecule has 0 aromatic carbocycles. The van der Waals surface area contributed by atoms with Crippen molar-refractivity contribution in [2.75, 3.05) is 6.26 Å². The first-order valence-electron chi connectivity index (χ1n) is 4.42. The van der Waals surface area contributed by atoms with Crippen LogP contribution in [0, 0.1) is 0 Å². The Balaban J connectivity index is 2.56. The van der Waals surface area contributed by atoms with Gasteiger partial charge in [-0.1, -0.05) is 13.0 Å². The monoisotopic (exact) mass is 234 g/mol. The van der Waals surface area contributed by atoms with Crippen LogP contribution >= 0.6 is 11.3 Å². The van der Waals surface area contributed by atoms with Crippen molar-refractivity contribution in [3.63, 3.8) is 0 Å². The average molecular weight is 234 g/mol. The maximum atomic E-state index is 10.9. The molecule has 0 fully saturated rings. The van der Waals surface area contributed by atoms with Gasteiger partial charge in [-0.05, 0) is 17.9 Å². The molecule has 1 aromatic heterocycles. The Morgan fingerprint density at radius 1 is 1.57 bits per heavy atom. The lowest BCUT2D eigenvalue weighted by atomic mass is 10.2. The first kappa shape index (κ1) is 11.7. The van der Waals surface area contributed by atoms with E-state index in [0.29, 0.717) is 12.8 Å². The largest absolute Gasteiger partial charge is 0.267 e. The van der Waals surface area contributed by atoms with Gasteiger partial charge in [-0.15, -0.1) is 11.3 Å². The maximum absolute atomic E-state index is 10.9. The number of rotatable bonds is 5. The topological polar surface area (TPSA) is 43.4 Å². The van der Waals surface area contributed by atoms with E-state index in [4.69, 9.17) is 4.18 Å². The highest BCUT2D eigenvalue weighted by Gasteiger charge is 2.14. The fraction of sp³-hybridized carbons (Fsp3) is 0.556. The van der Waals surface area contributed by atoms with E-state index < -0.39 is 10.1 Å². The van der Waals surface area contributed by atoms with Gasteiger partial charge in [0.05, 0.1) is 12.4 Å². The zero-order valence-electron chi connectivity index (χ0n) is 8.26. The Hall–Kier alpha value is -0.390. The summed E-state index contributed by atoms with van der Waals surface area (Å²) in [6.45, 7) is 1.92. The van der Waals surface area contributed by atoms with Crippen LogP contribution in [0.4, 0.5) is 0 Å². The Labute approximate surface area is 88.8 Å². The molecule has 0 radical (unpaired) electrons. The van der Waals surface area contributed by atoms with E-state index in [9.17, 15) is 8.42 Å². The van der Waals surface area contributed by atoms with Gasteiger partial charge in [-0.3, -0.25) is 4.18 Å². The van der Waals surface area contributed by atoms with E-state index in [-0.39, 0.29) is 6.10 Å². The zero-order chi connectivity index (χ0) is 10.6. The van der Waals surface area contributed by atoms with Crippen molar-refractivity contribution in [2.45, 2.75) is 25.9 Å². The van der Waals surface area contributed by atoms with Crippen molar-refractivity contribution in [1.82, 2.24) is 0 Å². The van der Waals surface area contributed by atoms with Crippen LogP contribution < -0.4 is 0 Å². The molecule has 1 unspecified atom stereocenters. The van der Waals surface area contributed by atoms with E-state index in [2.05, 4.69) is 0 Å². The van der Waals surface area contributed by atoms with Crippen LogP contribution in [0.2, 0.25) is 0 Å². The van der Waals surface area contributed by atoms with E-state index in [1.165, 1.54) is 0 Å². The van der Waals surface area contributed by atoms with Gasteiger partial charge in [-0.25, -0.2) is 0 Å². The maximum Gasteiger partial charge on any atom is 0.264 e. The van der Waals surface area contributed by atoms with Gasteiger partial charge < -0.3 is 0 Å². The summed E-state index contributed by atoms with van der Waals surface area (Å²) < 4.78 is 26.8. The number of thiophene rings is 1. The van der Waals surface area contributed by atoms with Crippen molar-refractivity contribution < 1.29 is 12.6 Å². The second-order valence-corrected chi connectivity index (χ2v) is 5.75. The average Bonchev–Trinajstić information content (AvgIpc) is 2.53. The Bertz CT molecular complexity index is 353. The first-order valence-corrected chi connectivity index (χ1v) is 7.11. The lowest BCUT2D eigenvalue weighted by Crippen LogP contribution is -2.18. The summed E-state index contributed by atoms with van der Waals surface area (Å²) in [6.07, 6.45) is 2.22. The van der Waals surface area contributed by atoms with Crippen molar-refractivity contribution in [1.29, 1.82) is 0 Å². The van der Waals surface area contributed by atoms with E-state index in [0.717, 1.165) is 11.1 Å². The third kappa shape index (κ3) is 4.21. The van der Waals surface area contributed by atoms with Crippen LogP contribution in [0.3, 0.4) is 0 Å². The molecule has 1 heterocycles. The molecule has 0 saturated heterocycles. The molecule has 0 aliphatic rings. The van der Waals surface area contributed by atoms with Gasteiger partial charge >= 0.3 is 0 Å². The molecule has 0 amide bonds. The fourth-order valence-corrected chi connectivity index (χ4v) is 2.62. The SMILES string of the molecule is CCC(Cc1cccs1)OS(C)(=O)=O. The van der Waals surface area contributed by atoms with Gasteiger partial charge in [0.25, 0.3) is 10.1 Å². The molecule has 5 heteroatoms. The molecule has 0 saturated carbocycles. The highest BCUT2D eigenvalue weighted by atomic mass is 32.2. The zero-order valence-corrected chi connectivity index (χ0v) is 9.90. The summed E-state index contributed by atoms with van der Waals surface area (Å²) >= 11 is 1.62. The third-order valence-corrected chi connectivity index (χ3v) is 3.30. The smallest absolute Gasteiger partial charge is 0.264 e. The predicted octanol–water partition coefficient (Wildman–Crippen LogP) is 2.05. The minimum absolute atomic E-state index is 0.233. The molecule has 1 aromatic rings. The molecule has 14 heavy (non-hydrogen) atoms. The predicted molar refractivity (Wildman–Crippen MR) is 58.0 cm³/mol. The first-order chi connectivity index (χ1) is 6.51. The Morgan fingerprint density at radius 3 is 2.71 bits per heavy atom. The van der Waals surface area contributed by atoms with Crippen molar-refractivity contribution >= 4 is 21.5 Å². The summed E-state index contributed by atoms with van der Waals surface area (Å²) in [5.74, 6) is 0. The van der Waals surface area contributed by atoms with Crippen LogP contribution in [0.15, 0.2) is 17.5 Å². The van der Waals surface area contributed by atoms with Gasteiger partial charge in [0.2, 0.25) is 0 Å². The van der Waals surface area contributed by atoms with Crippen molar-refractivity contribution in [2.24, 2.45) is 0 Å². The van der Waals surface area contributed by atoms with Crippen LogP contribution in [0.25, 0.3) is 0 Å². The molecule has 0 bridgehead atoms. The van der Waals surface area contributed by atoms with Gasteiger partial charge in [0, 0.05) is 11.3 Å². The molecule has 0 N–H and O–H groups in total. The number of hydrogen-bond acceptors (Lipinski definition) is 4. The highest BCUT2D eigenvalue weighted by molar-refractivity contribution is 7.86. The summed E-state index contributed by atoms with van der Waals surface area (Å²) in [7, 11) is -3.33. The molecule has 0 aliphatic heterocycles. The summed E-state index contributed by atoms with van der Waals surface area (Å²) in [5.41, 5.74) is 0. The van der Waals surface area contributed by atoms with E-state index >= 15 is 0 Å². The lowest BCUT2D eigenvalue weighted by Gasteiger charge is -2.12. The molecule has 1 atom stereocenters. The molecule has 0 spiro atoms. The molecular weight excluding hydrogens is 220 g/mol. The summed E-state index contributed by atoms with van der Waals surface area (Å²) in [6, 6.07) is 3.94. The van der Waals surface area contributed by atoms with E-state index in [1.807, 2.05) is 24.4 Å². The van der Waals surface area contributed by atoms with Crippen molar-refractivity contribution in [3.8, 4) is 0 Å². The van der Waals surface area contributed by atoms with E-state index in [1.54, 1.807) is 11.3 Å². The standard InChI is InChI=1S/C9H14O3S2/c1-3-8(12-14(2,10)11)7-9-5-4-6-13-9/h4-6,8H,3,7H2,1-2H3. The van der Waals surface area contributed by atoms with Crippen LogP contribution in [0.5, 0.6) is 0 Å². The molecule has 3 nitrogen and oxygen atoms in total. The molecule has 0 aliphatic carbocycles. The minimum atomic E-state index is -3.33. The van der Waals surface area contributed by atoms with Crippen molar-refractivity contribution in [3.05, 3.63) is 22.4 Å². The summed E-state index contributed by atoms with van der Waals surface area (Å²) in [5, 5.41) is 1.97. The fourth-order valence-electron chi connectivity index (χ4n) is 1.15. The van der Waals surface area contributed by atoms with Crippen LogP contribution in [0.1, 0.15) is 18.2 Å². The van der Waals surface area contributed by atoms with Gasteiger partial charge in [0.15, 0.2) is 0 Å². The van der Waals surface area contributed by atoms with Gasteiger partial charge in [-0.2, -0.15) is 8.42 Å². The second kappa shape index (κ2) is 4.91. The Morgan fingerprint density at radius 2 is 2.29 bits per heavy atom. The van der Waals surface area contributed by atoms with Crippen LogP contribution in [-0.4, -0.2) is 20.8 Å². The Kier molecular flexibility index (Phi) is 4.10. The third-order valence-electron chi connectivity index (χ3n) is 1.78. The van der Waals surface area contributed by atoms with Gasteiger partial charge in [0.1, 0.15) is 0 Å². The summed E-state index contributed by atoms with van der Waals surface area (Å²) in [4.78, 5) is 1.15. The lowest BCUT2D eigenvalue weighted by molar-refractivity contribution is 0.208. The normalized spacial score (nSPS) is 14.1. The minimum Gasteiger partial charge on any atom is -0.267 e. The van der Waals surface area contributed by atoms with Crippen LogP contribution in [-0.2, 0) is 20.7 Å². The molecule has 80 valence electrons. The number of hydrogen-bond donors (Lipinski definition) is 0. The molecule has 1 rings (SSSR count).